The predicted octanol–water partition coefficient (Wildman–Crippen LogP) is 2.21. The van der Waals surface area contributed by atoms with Crippen molar-refractivity contribution in [1.29, 1.82) is 0 Å². The molecule has 1 aromatic carbocycles. The van der Waals surface area contributed by atoms with Gasteiger partial charge in [0, 0.05) is 24.8 Å². The molecule has 0 radical (unpaired) electrons. The van der Waals surface area contributed by atoms with Crippen LogP contribution in [0.2, 0.25) is 0 Å². The molecule has 7 heteroatoms. The van der Waals surface area contributed by atoms with E-state index in [4.69, 9.17) is 13.9 Å². The number of ether oxygens (including phenoxy) is 2. The Balaban J connectivity index is 1.27. The number of benzene rings is 1. The molecule has 0 unspecified atom stereocenters. The van der Waals surface area contributed by atoms with E-state index in [0.717, 1.165) is 11.5 Å². The molecule has 2 aliphatic heterocycles. The van der Waals surface area contributed by atoms with Crippen molar-refractivity contribution in [3.05, 3.63) is 48.4 Å². The minimum Gasteiger partial charge on any atom is -0.486 e. The third-order valence-corrected chi connectivity index (χ3v) is 5.25. The SMILES string of the molecule is O=C(CC[C@@]1(Cc2ccco2)CCC(=O)N1)NC[C@@H]1COc2ccccc2O1. The quantitative estimate of drug-likeness (QED) is 0.764. The van der Waals surface area contributed by atoms with E-state index < -0.39 is 5.54 Å². The molecule has 0 aliphatic carbocycles. The van der Waals surface area contributed by atoms with Crippen molar-refractivity contribution >= 4 is 11.8 Å². The van der Waals surface area contributed by atoms with Crippen molar-refractivity contribution in [1.82, 2.24) is 10.6 Å². The van der Waals surface area contributed by atoms with Crippen LogP contribution in [0.3, 0.4) is 0 Å². The molecule has 2 N–H and O–H groups in total. The summed E-state index contributed by atoms with van der Waals surface area (Å²) in [6.45, 7) is 0.778. The Morgan fingerprint density at radius 1 is 1.21 bits per heavy atom. The largest absolute Gasteiger partial charge is 0.486 e. The minimum absolute atomic E-state index is 0.0263. The summed E-state index contributed by atoms with van der Waals surface area (Å²) in [6, 6.07) is 11.2. The van der Waals surface area contributed by atoms with Crippen LogP contribution in [-0.2, 0) is 16.0 Å². The van der Waals surface area contributed by atoms with Gasteiger partial charge in [0.25, 0.3) is 0 Å². The minimum atomic E-state index is -0.421. The smallest absolute Gasteiger partial charge is 0.220 e. The van der Waals surface area contributed by atoms with Gasteiger partial charge in [-0.2, -0.15) is 0 Å². The first-order chi connectivity index (χ1) is 13.6. The summed E-state index contributed by atoms with van der Waals surface area (Å²) in [5.74, 6) is 2.19. The number of furan rings is 1. The Bertz CT molecular complexity index is 835. The topological polar surface area (TPSA) is 89.8 Å². The van der Waals surface area contributed by atoms with E-state index in [-0.39, 0.29) is 17.9 Å². The first kappa shape index (κ1) is 18.4. The van der Waals surface area contributed by atoms with Crippen LogP contribution in [0.5, 0.6) is 11.5 Å². The maximum absolute atomic E-state index is 12.4. The molecule has 1 saturated heterocycles. The molecule has 1 aromatic heterocycles. The maximum atomic E-state index is 12.4. The Morgan fingerprint density at radius 3 is 2.82 bits per heavy atom. The third-order valence-electron chi connectivity index (χ3n) is 5.25. The number of carbonyl (C=O) groups excluding carboxylic acids is 2. The van der Waals surface area contributed by atoms with Crippen molar-refractivity contribution in [2.24, 2.45) is 0 Å². The zero-order valence-corrected chi connectivity index (χ0v) is 15.6. The van der Waals surface area contributed by atoms with Crippen LogP contribution in [0.4, 0.5) is 0 Å². The fraction of sp³-hybridized carbons (Fsp3) is 0.429. The van der Waals surface area contributed by atoms with Gasteiger partial charge in [0.1, 0.15) is 18.5 Å². The monoisotopic (exact) mass is 384 g/mol. The van der Waals surface area contributed by atoms with E-state index in [0.29, 0.717) is 51.0 Å². The second-order valence-corrected chi connectivity index (χ2v) is 7.39. The van der Waals surface area contributed by atoms with E-state index in [9.17, 15) is 9.59 Å². The molecular formula is C21H24N2O5. The summed E-state index contributed by atoms with van der Waals surface area (Å²) in [5.41, 5.74) is -0.421. The lowest BCUT2D eigenvalue weighted by molar-refractivity contribution is -0.123. The average molecular weight is 384 g/mol. The molecule has 2 amide bonds. The molecule has 148 valence electrons. The molecule has 0 bridgehead atoms. The van der Waals surface area contributed by atoms with Crippen molar-refractivity contribution in [2.45, 2.75) is 43.7 Å². The summed E-state index contributed by atoms with van der Waals surface area (Å²) < 4.78 is 17.0. The fourth-order valence-electron chi connectivity index (χ4n) is 3.76. The number of nitrogens with one attached hydrogen (secondary N) is 2. The highest BCUT2D eigenvalue weighted by Crippen LogP contribution is 2.31. The van der Waals surface area contributed by atoms with Gasteiger partial charge < -0.3 is 24.5 Å². The number of fused-ring (bicyclic) bond motifs is 1. The molecule has 0 saturated carbocycles. The molecule has 0 spiro atoms. The van der Waals surface area contributed by atoms with Crippen molar-refractivity contribution < 1.29 is 23.5 Å². The van der Waals surface area contributed by atoms with Gasteiger partial charge in [0.2, 0.25) is 11.8 Å². The summed E-state index contributed by atoms with van der Waals surface area (Å²) in [6.07, 6.45) is 4.07. The van der Waals surface area contributed by atoms with Crippen LogP contribution in [0.25, 0.3) is 0 Å². The predicted molar refractivity (Wildman–Crippen MR) is 101 cm³/mol. The van der Waals surface area contributed by atoms with Crippen LogP contribution in [0.1, 0.15) is 31.4 Å². The Morgan fingerprint density at radius 2 is 2.07 bits per heavy atom. The van der Waals surface area contributed by atoms with Gasteiger partial charge in [-0.25, -0.2) is 0 Å². The molecule has 2 aromatic rings. The molecule has 4 rings (SSSR count). The molecule has 3 heterocycles. The Kier molecular flexibility index (Phi) is 5.23. The van der Waals surface area contributed by atoms with Gasteiger partial charge in [-0.15, -0.1) is 0 Å². The van der Waals surface area contributed by atoms with Gasteiger partial charge in [0.15, 0.2) is 11.5 Å². The highest BCUT2D eigenvalue weighted by atomic mass is 16.6. The van der Waals surface area contributed by atoms with Gasteiger partial charge in [0.05, 0.1) is 12.8 Å². The van der Waals surface area contributed by atoms with Gasteiger partial charge in [-0.1, -0.05) is 12.1 Å². The summed E-state index contributed by atoms with van der Waals surface area (Å²) >= 11 is 0. The summed E-state index contributed by atoms with van der Waals surface area (Å²) in [5, 5.41) is 5.97. The van der Waals surface area contributed by atoms with E-state index in [1.165, 1.54) is 0 Å². The number of para-hydroxylation sites is 2. The van der Waals surface area contributed by atoms with E-state index in [1.54, 1.807) is 6.26 Å². The zero-order chi connectivity index (χ0) is 19.4. The van der Waals surface area contributed by atoms with Crippen LogP contribution in [-0.4, -0.2) is 36.6 Å². The molecule has 1 fully saturated rings. The van der Waals surface area contributed by atoms with Crippen molar-refractivity contribution in [3.63, 3.8) is 0 Å². The second kappa shape index (κ2) is 7.96. The number of hydrogen-bond acceptors (Lipinski definition) is 5. The first-order valence-electron chi connectivity index (χ1n) is 9.60. The van der Waals surface area contributed by atoms with Crippen LogP contribution in [0, 0.1) is 0 Å². The Labute approximate surface area is 163 Å². The van der Waals surface area contributed by atoms with E-state index >= 15 is 0 Å². The third kappa shape index (κ3) is 4.30. The standard InChI is InChI=1S/C21H24N2O5/c24-19(22-13-16-14-27-17-5-1-2-6-18(17)28-16)7-9-21(10-8-20(25)23-21)12-15-4-3-11-26-15/h1-6,11,16H,7-10,12-14H2,(H,22,24)(H,23,25)/t16-,21+/m1/s1. The summed E-state index contributed by atoms with van der Waals surface area (Å²) in [4.78, 5) is 24.2. The lowest BCUT2D eigenvalue weighted by Crippen LogP contribution is -2.45. The lowest BCUT2D eigenvalue weighted by Gasteiger charge is -2.29. The van der Waals surface area contributed by atoms with Crippen molar-refractivity contribution in [3.8, 4) is 11.5 Å². The van der Waals surface area contributed by atoms with Crippen LogP contribution < -0.4 is 20.1 Å². The molecular weight excluding hydrogens is 360 g/mol. The Hall–Kier alpha value is -2.96. The maximum Gasteiger partial charge on any atom is 0.220 e. The van der Waals surface area contributed by atoms with Crippen LogP contribution in [0.15, 0.2) is 47.1 Å². The van der Waals surface area contributed by atoms with Gasteiger partial charge >= 0.3 is 0 Å². The van der Waals surface area contributed by atoms with Gasteiger partial charge in [-0.3, -0.25) is 9.59 Å². The first-order valence-corrected chi connectivity index (χ1v) is 9.60. The van der Waals surface area contributed by atoms with E-state index in [1.807, 2.05) is 36.4 Å². The number of amides is 2. The second-order valence-electron chi connectivity index (χ2n) is 7.39. The van der Waals surface area contributed by atoms with Gasteiger partial charge in [-0.05, 0) is 37.1 Å². The normalized spacial score (nSPS) is 23.3. The van der Waals surface area contributed by atoms with Crippen molar-refractivity contribution in [2.75, 3.05) is 13.2 Å². The number of carbonyl (C=O) groups is 2. The highest BCUT2D eigenvalue weighted by Gasteiger charge is 2.38. The lowest BCUT2D eigenvalue weighted by atomic mass is 9.87. The average Bonchev–Trinajstić information content (AvgIpc) is 3.35. The van der Waals surface area contributed by atoms with E-state index in [2.05, 4.69) is 10.6 Å². The number of rotatable bonds is 7. The van der Waals surface area contributed by atoms with Crippen LogP contribution >= 0.6 is 0 Å². The number of hydrogen-bond donors (Lipinski definition) is 2. The summed E-state index contributed by atoms with van der Waals surface area (Å²) in [7, 11) is 0. The molecule has 2 aliphatic rings. The fourth-order valence-corrected chi connectivity index (χ4v) is 3.76. The zero-order valence-electron chi connectivity index (χ0n) is 15.6. The molecule has 2 atom stereocenters. The molecule has 28 heavy (non-hydrogen) atoms. The molecule has 7 nitrogen and oxygen atoms in total. The highest BCUT2D eigenvalue weighted by molar-refractivity contribution is 5.80.